The smallest absolute Gasteiger partial charge is 0.243 e. The number of guanidine groups is 1. The molecule has 0 radical (unpaired) electrons. The summed E-state index contributed by atoms with van der Waals surface area (Å²) in [5, 5.41) is 7.82. The first kappa shape index (κ1) is 22.9. The van der Waals surface area contributed by atoms with Crippen LogP contribution >= 0.6 is 0 Å². The maximum Gasteiger partial charge on any atom is 0.243 e. The molecule has 0 bridgehead atoms. The van der Waals surface area contributed by atoms with Gasteiger partial charge in [0.25, 0.3) is 0 Å². The molecule has 3 N–H and O–H groups in total. The van der Waals surface area contributed by atoms with Crippen LogP contribution in [-0.4, -0.2) is 100 Å². The van der Waals surface area contributed by atoms with Gasteiger partial charge in [0.15, 0.2) is 5.96 Å². The number of nitrogens with zero attached hydrogens (tertiary/aromatic N) is 3. The Balaban J connectivity index is 1.57. The molecular formula is C22H34N6O3. The maximum atomic E-state index is 12.0. The zero-order chi connectivity index (χ0) is 22.1. The third kappa shape index (κ3) is 6.60. The number of H-pyrrole nitrogens is 1. The van der Waals surface area contributed by atoms with Crippen LogP contribution in [0.4, 0.5) is 0 Å². The van der Waals surface area contributed by atoms with E-state index in [0.717, 1.165) is 62.5 Å². The Labute approximate surface area is 183 Å². The van der Waals surface area contributed by atoms with Gasteiger partial charge < -0.3 is 30.0 Å². The van der Waals surface area contributed by atoms with Crippen LogP contribution in [0.3, 0.4) is 0 Å². The molecule has 2 aromatic rings. The van der Waals surface area contributed by atoms with E-state index in [9.17, 15) is 4.79 Å². The first-order chi connectivity index (χ1) is 15.1. The first-order valence-corrected chi connectivity index (χ1v) is 10.7. The van der Waals surface area contributed by atoms with Crippen molar-refractivity contribution in [1.82, 2.24) is 25.4 Å². The van der Waals surface area contributed by atoms with Crippen LogP contribution < -0.4 is 15.4 Å². The van der Waals surface area contributed by atoms with Gasteiger partial charge in [0.1, 0.15) is 12.3 Å². The summed E-state index contributed by atoms with van der Waals surface area (Å²) in [4.78, 5) is 23.7. The molecule has 1 amide bonds. The fourth-order valence-corrected chi connectivity index (χ4v) is 3.52. The van der Waals surface area contributed by atoms with Crippen molar-refractivity contribution in [3.8, 4) is 5.75 Å². The number of carbonyl (C=O) groups is 1. The highest BCUT2D eigenvalue weighted by Gasteiger charge is 2.12. The van der Waals surface area contributed by atoms with Crippen LogP contribution in [-0.2, 0) is 16.0 Å². The Hall–Kier alpha value is -2.78. The molecule has 2 heterocycles. The summed E-state index contributed by atoms with van der Waals surface area (Å²) in [6.07, 6.45) is 2.82. The number of aromatic amines is 1. The second kappa shape index (κ2) is 11.6. The molecule has 9 heteroatoms. The lowest BCUT2D eigenvalue weighted by atomic mass is 10.1. The number of rotatable bonds is 9. The standard InChI is InChI=1S/C22H34N6O3/c1-27(2)20(29)16-26-22(24-9-10-28-11-13-31-14-12-28)23-8-7-17-15-25-18-5-4-6-19(30-3)21(17)18/h4-6,15,25H,7-14,16H2,1-3H3,(H2,23,24,26). The minimum absolute atomic E-state index is 0.0318. The molecule has 1 aromatic heterocycles. The van der Waals surface area contributed by atoms with Crippen molar-refractivity contribution in [2.45, 2.75) is 6.42 Å². The molecule has 1 aliphatic heterocycles. The molecule has 0 aliphatic carbocycles. The molecule has 1 saturated heterocycles. The maximum absolute atomic E-state index is 12.0. The zero-order valence-corrected chi connectivity index (χ0v) is 18.7. The number of aliphatic imine (C=N–C) groups is 1. The third-order valence-corrected chi connectivity index (χ3v) is 5.35. The molecule has 1 fully saturated rings. The second-order valence-corrected chi connectivity index (χ2v) is 7.71. The predicted molar refractivity (Wildman–Crippen MR) is 123 cm³/mol. The van der Waals surface area contributed by atoms with E-state index in [2.05, 4.69) is 25.5 Å². The topological polar surface area (TPSA) is 94.2 Å². The number of likely N-dealkylation sites (N-methyl/N-ethyl adjacent to an activating group) is 1. The van der Waals surface area contributed by atoms with Crippen LogP contribution in [0.2, 0.25) is 0 Å². The van der Waals surface area contributed by atoms with Gasteiger partial charge in [-0.2, -0.15) is 0 Å². The minimum Gasteiger partial charge on any atom is -0.496 e. The van der Waals surface area contributed by atoms with Crippen LogP contribution in [0.15, 0.2) is 29.4 Å². The van der Waals surface area contributed by atoms with Gasteiger partial charge >= 0.3 is 0 Å². The predicted octanol–water partition coefficient (Wildman–Crippen LogP) is 0.675. The summed E-state index contributed by atoms with van der Waals surface area (Å²) >= 11 is 0. The van der Waals surface area contributed by atoms with Gasteiger partial charge in [-0.25, -0.2) is 4.99 Å². The van der Waals surface area contributed by atoms with E-state index in [1.807, 2.05) is 24.4 Å². The van der Waals surface area contributed by atoms with Gasteiger partial charge in [-0.3, -0.25) is 9.69 Å². The largest absolute Gasteiger partial charge is 0.496 e. The van der Waals surface area contributed by atoms with Gasteiger partial charge in [-0.1, -0.05) is 6.07 Å². The fourth-order valence-electron chi connectivity index (χ4n) is 3.52. The number of hydrogen-bond donors (Lipinski definition) is 3. The van der Waals surface area contributed by atoms with Crippen LogP contribution in [0.25, 0.3) is 10.9 Å². The summed E-state index contributed by atoms with van der Waals surface area (Å²) in [6.45, 7) is 5.92. The molecule has 0 spiro atoms. The van der Waals surface area contributed by atoms with Crippen molar-refractivity contribution < 1.29 is 14.3 Å². The van der Waals surface area contributed by atoms with E-state index in [4.69, 9.17) is 9.47 Å². The fraction of sp³-hybridized carbons (Fsp3) is 0.545. The van der Waals surface area contributed by atoms with E-state index in [1.54, 1.807) is 26.1 Å². The highest BCUT2D eigenvalue weighted by Crippen LogP contribution is 2.28. The molecule has 1 aliphatic rings. The second-order valence-electron chi connectivity index (χ2n) is 7.71. The average Bonchev–Trinajstić information content (AvgIpc) is 3.20. The average molecular weight is 431 g/mol. The number of carbonyl (C=O) groups excluding carboxylic acids is 1. The number of morpholine rings is 1. The Morgan fingerprint density at radius 3 is 2.77 bits per heavy atom. The molecule has 170 valence electrons. The van der Waals surface area contributed by atoms with Crippen molar-refractivity contribution >= 4 is 22.8 Å². The van der Waals surface area contributed by atoms with Crippen molar-refractivity contribution in [2.24, 2.45) is 4.99 Å². The molecular weight excluding hydrogens is 396 g/mol. The highest BCUT2D eigenvalue weighted by atomic mass is 16.5. The summed E-state index contributed by atoms with van der Waals surface area (Å²) in [5.41, 5.74) is 2.24. The van der Waals surface area contributed by atoms with Gasteiger partial charge in [-0.05, 0) is 24.1 Å². The molecule has 31 heavy (non-hydrogen) atoms. The third-order valence-electron chi connectivity index (χ3n) is 5.35. The Morgan fingerprint density at radius 2 is 2.03 bits per heavy atom. The van der Waals surface area contributed by atoms with Gasteiger partial charge in [0.05, 0.1) is 20.3 Å². The highest BCUT2D eigenvalue weighted by molar-refractivity contribution is 5.89. The summed E-state index contributed by atoms with van der Waals surface area (Å²) in [7, 11) is 5.16. The number of benzene rings is 1. The lowest BCUT2D eigenvalue weighted by molar-refractivity contribution is -0.127. The monoisotopic (exact) mass is 430 g/mol. The minimum atomic E-state index is -0.0318. The quantitative estimate of drug-likeness (QED) is 0.400. The number of fused-ring (bicyclic) bond motifs is 1. The molecule has 0 saturated carbocycles. The normalized spacial score (nSPS) is 15.1. The number of aromatic nitrogens is 1. The van der Waals surface area contributed by atoms with E-state index >= 15 is 0 Å². The van der Waals surface area contributed by atoms with Crippen LogP contribution in [0.5, 0.6) is 5.75 Å². The molecule has 0 unspecified atom stereocenters. The molecule has 3 rings (SSSR count). The SMILES string of the molecule is COc1cccc2[nH]cc(CCNC(=NCC(=O)N(C)C)NCCN3CCOCC3)c12. The molecule has 1 aromatic carbocycles. The van der Waals surface area contributed by atoms with Crippen LogP contribution in [0.1, 0.15) is 5.56 Å². The Bertz CT molecular complexity index is 873. The van der Waals surface area contributed by atoms with Gasteiger partial charge in [0, 0.05) is 63.9 Å². The van der Waals surface area contributed by atoms with Crippen molar-refractivity contribution in [3.63, 3.8) is 0 Å². The summed E-state index contributed by atoms with van der Waals surface area (Å²) < 4.78 is 10.9. The first-order valence-electron chi connectivity index (χ1n) is 10.7. The van der Waals surface area contributed by atoms with Gasteiger partial charge in [-0.15, -0.1) is 0 Å². The lowest BCUT2D eigenvalue weighted by Gasteiger charge is -2.26. The summed E-state index contributed by atoms with van der Waals surface area (Å²) in [5.74, 6) is 1.48. The van der Waals surface area contributed by atoms with E-state index in [-0.39, 0.29) is 12.5 Å². The van der Waals surface area contributed by atoms with Crippen LogP contribution in [0, 0.1) is 0 Å². The number of nitrogens with one attached hydrogen (secondary N) is 3. The van der Waals surface area contributed by atoms with E-state index < -0.39 is 0 Å². The summed E-state index contributed by atoms with van der Waals surface area (Å²) in [6, 6.07) is 5.99. The number of methoxy groups -OCH3 is 1. The lowest BCUT2D eigenvalue weighted by Crippen LogP contribution is -2.45. The molecule has 9 nitrogen and oxygen atoms in total. The van der Waals surface area contributed by atoms with E-state index in [0.29, 0.717) is 12.5 Å². The van der Waals surface area contributed by atoms with Crippen molar-refractivity contribution in [3.05, 3.63) is 30.0 Å². The van der Waals surface area contributed by atoms with Gasteiger partial charge in [0.2, 0.25) is 5.91 Å². The number of hydrogen-bond acceptors (Lipinski definition) is 5. The number of ether oxygens (including phenoxy) is 2. The van der Waals surface area contributed by atoms with Crippen molar-refractivity contribution in [2.75, 3.05) is 73.7 Å². The molecule has 0 atom stereocenters. The van der Waals surface area contributed by atoms with Crippen molar-refractivity contribution in [1.29, 1.82) is 0 Å². The van der Waals surface area contributed by atoms with E-state index in [1.165, 1.54) is 5.56 Å². The Kier molecular flexibility index (Phi) is 8.54. The Morgan fingerprint density at radius 1 is 1.26 bits per heavy atom. The number of amides is 1. The zero-order valence-electron chi connectivity index (χ0n) is 18.7.